The van der Waals surface area contributed by atoms with Crippen LogP contribution < -0.4 is 4.74 Å². The first-order chi connectivity index (χ1) is 9.06. The van der Waals surface area contributed by atoms with E-state index in [-0.39, 0.29) is 16.7 Å². The van der Waals surface area contributed by atoms with Crippen LogP contribution in [0.15, 0.2) is 30.3 Å². The Balaban J connectivity index is 2.69. The van der Waals surface area contributed by atoms with Crippen LogP contribution in [0.25, 0.3) is 11.1 Å². The SMILES string of the molecule is COc1ccc(C=O)c(-c2cc(F)c(F)cc2F)c1. The third kappa shape index (κ3) is 2.45. The summed E-state index contributed by atoms with van der Waals surface area (Å²) in [5.74, 6) is -3.03. The van der Waals surface area contributed by atoms with Crippen LogP contribution in [0, 0.1) is 17.5 Å². The minimum Gasteiger partial charge on any atom is -0.497 e. The van der Waals surface area contributed by atoms with Crippen LogP contribution in [0.2, 0.25) is 0 Å². The number of ether oxygens (including phenoxy) is 1. The number of halogens is 3. The molecule has 2 aromatic rings. The predicted molar refractivity (Wildman–Crippen MR) is 63.7 cm³/mol. The molecule has 0 N–H and O–H groups in total. The standard InChI is InChI=1S/C14H9F3O2/c1-19-9-3-2-8(7-18)10(4-9)11-5-13(16)14(17)6-12(11)15/h2-7H,1H3. The summed E-state index contributed by atoms with van der Waals surface area (Å²) in [4.78, 5) is 10.9. The molecule has 2 rings (SSSR count). The molecule has 0 atom stereocenters. The fraction of sp³-hybridized carbons (Fsp3) is 0.0714. The highest BCUT2D eigenvalue weighted by molar-refractivity contribution is 5.88. The number of benzene rings is 2. The van der Waals surface area contributed by atoms with Crippen molar-refractivity contribution in [2.45, 2.75) is 0 Å². The van der Waals surface area contributed by atoms with Gasteiger partial charge in [0.1, 0.15) is 11.6 Å². The van der Waals surface area contributed by atoms with E-state index in [2.05, 4.69) is 0 Å². The summed E-state index contributed by atoms with van der Waals surface area (Å²) in [5.41, 5.74) is 0.108. The smallest absolute Gasteiger partial charge is 0.161 e. The Hall–Kier alpha value is -2.30. The Morgan fingerprint density at radius 1 is 0.947 bits per heavy atom. The number of carbonyl (C=O) groups is 1. The van der Waals surface area contributed by atoms with Crippen molar-refractivity contribution in [2.24, 2.45) is 0 Å². The first-order valence-electron chi connectivity index (χ1n) is 5.35. The van der Waals surface area contributed by atoms with Gasteiger partial charge in [0.05, 0.1) is 7.11 Å². The highest BCUT2D eigenvalue weighted by atomic mass is 19.2. The average molecular weight is 266 g/mol. The van der Waals surface area contributed by atoms with Gasteiger partial charge in [-0.25, -0.2) is 13.2 Å². The minimum absolute atomic E-state index is 0.144. The molecule has 0 heterocycles. The van der Waals surface area contributed by atoms with Crippen molar-refractivity contribution in [3.8, 4) is 16.9 Å². The van der Waals surface area contributed by atoms with Crippen LogP contribution in [0.4, 0.5) is 13.2 Å². The van der Waals surface area contributed by atoms with Gasteiger partial charge in [-0.15, -0.1) is 0 Å². The monoisotopic (exact) mass is 266 g/mol. The van der Waals surface area contributed by atoms with E-state index in [0.717, 1.165) is 0 Å². The van der Waals surface area contributed by atoms with Gasteiger partial charge in [-0.2, -0.15) is 0 Å². The second kappa shape index (κ2) is 5.14. The molecule has 0 radical (unpaired) electrons. The van der Waals surface area contributed by atoms with Crippen molar-refractivity contribution in [1.29, 1.82) is 0 Å². The van der Waals surface area contributed by atoms with Crippen LogP contribution in [-0.4, -0.2) is 13.4 Å². The molecule has 19 heavy (non-hydrogen) atoms. The van der Waals surface area contributed by atoms with E-state index in [9.17, 15) is 18.0 Å². The molecule has 2 nitrogen and oxygen atoms in total. The maximum atomic E-state index is 13.7. The highest BCUT2D eigenvalue weighted by Crippen LogP contribution is 2.30. The second-order valence-electron chi connectivity index (χ2n) is 3.82. The molecule has 0 aliphatic carbocycles. The fourth-order valence-corrected chi connectivity index (χ4v) is 1.73. The molecular formula is C14H9F3O2. The maximum Gasteiger partial charge on any atom is 0.161 e. The third-order valence-corrected chi connectivity index (χ3v) is 2.69. The van der Waals surface area contributed by atoms with E-state index >= 15 is 0 Å². The number of aldehydes is 1. The van der Waals surface area contributed by atoms with Gasteiger partial charge in [0.25, 0.3) is 0 Å². The summed E-state index contributed by atoms with van der Waals surface area (Å²) in [6, 6.07) is 5.48. The van der Waals surface area contributed by atoms with Gasteiger partial charge in [0.15, 0.2) is 17.9 Å². The van der Waals surface area contributed by atoms with Gasteiger partial charge in [-0.3, -0.25) is 4.79 Å². The minimum atomic E-state index is -1.28. The summed E-state index contributed by atoms with van der Waals surface area (Å²) < 4.78 is 44.8. The lowest BCUT2D eigenvalue weighted by Crippen LogP contribution is -1.95. The van der Waals surface area contributed by atoms with Crippen LogP contribution >= 0.6 is 0 Å². The largest absolute Gasteiger partial charge is 0.497 e. The second-order valence-corrected chi connectivity index (χ2v) is 3.82. The van der Waals surface area contributed by atoms with Crippen molar-refractivity contribution in [3.63, 3.8) is 0 Å². The Morgan fingerprint density at radius 2 is 1.63 bits per heavy atom. The maximum absolute atomic E-state index is 13.7. The van der Waals surface area contributed by atoms with Crippen molar-refractivity contribution in [1.82, 2.24) is 0 Å². The van der Waals surface area contributed by atoms with Crippen molar-refractivity contribution in [3.05, 3.63) is 53.3 Å². The molecule has 0 fully saturated rings. The molecule has 0 amide bonds. The summed E-state index contributed by atoms with van der Waals surface area (Å²) in [6.07, 6.45) is 0.509. The Kier molecular flexibility index (Phi) is 3.55. The van der Waals surface area contributed by atoms with Gasteiger partial charge in [0, 0.05) is 17.2 Å². The van der Waals surface area contributed by atoms with E-state index in [1.165, 1.54) is 25.3 Å². The number of hydrogen-bond donors (Lipinski definition) is 0. The Bertz CT molecular complexity index is 639. The zero-order valence-corrected chi connectivity index (χ0v) is 9.91. The van der Waals surface area contributed by atoms with Crippen LogP contribution in [0.5, 0.6) is 5.75 Å². The predicted octanol–water partition coefficient (Wildman–Crippen LogP) is 3.59. The molecule has 98 valence electrons. The van der Waals surface area contributed by atoms with Crippen LogP contribution in [-0.2, 0) is 0 Å². The number of hydrogen-bond acceptors (Lipinski definition) is 2. The summed E-state index contributed by atoms with van der Waals surface area (Å²) >= 11 is 0. The molecule has 0 saturated heterocycles. The summed E-state index contributed by atoms with van der Waals surface area (Å²) in [7, 11) is 1.40. The lowest BCUT2D eigenvalue weighted by Gasteiger charge is -2.09. The molecule has 0 bridgehead atoms. The molecule has 0 saturated carbocycles. The lowest BCUT2D eigenvalue weighted by atomic mass is 9.99. The van der Waals surface area contributed by atoms with E-state index in [1.54, 1.807) is 0 Å². The van der Waals surface area contributed by atoms with Gasteiger partial charge >= 0.3 is 0 Å². The molecule has 0 unspecified atom stereocenters. The van der Waals surface area contributed by atoms with Crippen molar-refractivity contribution >= 4 is 6.29 Å². The molecule has 2 aromatic carbocycles. The average Bonchev–Trinajstić information content (AvgIpc) is 2.42. The first-order valence-corrected chi connectivity index (χ1v) is 5.35. The van der Waals surface area contributed by atoms with Gasteiger partial charge in [-0.05, 0) is 29.8 Å². The van der Waals surface area contributed by atoms with E-state index in [1.807, 2.05) is 0 Å². The lowest BCUT2D eigenvalue weighted by molar-refractivity contribution is 0.112. The topological polar surface area (TPSA) is 26.3 Å². The zero-order valence-electron chi connectivity index (χ0n) is 9.91. The van der Waals surface area contributed by atoms with Crippen LogP contribution in [0.1, 0.15) is 10.4 Å². The van der Waals surface area contributed by atoms with Crippen molar-refractivity contribution in [2.75, 3.05) is 7.11 Å². The van der Waals surface area contributed by atoms with E-state index in [4.69, 9.17) is 4.74 Å². The van der Waals surface area contributed by atoms with Gasteiger partial charge in [-0.1, -0.05) is 0 Å². The summed E-state index contributed by atoms with van der Waals surface area (Å²) in [6.45, 7) is 0. The third-order valence-electron chi connectivity index (χ3n) is 2.69. The number of methoxy groups -OCH3 is 1. The van der Waals surface area contributed by atoms with Gasteiger partial charge < -0.3 is 4.74 Å². The highest BCUT2D eigenvalue weighted by Gasteiger charge is 2.15. The molecule has 0 aliphatic heterocycles. The molecule has 0 spiro atoms. The molecule has 0 aromatic heterocycles. The number of rotatable bonds is 3. The Morgan fingerprint density at radius 3 is 2.26 bits per heavy atom. The first kappa shape index (κ1) is 13.1. The van der Waals surface area contributed by atoms with Gasteiger partial charge in [0.2, 0.25) is 0 Å². The molecular weight excluding hydrogens is 257 g/mol. The molecule has 5 heteroatoms. The van der Waals surface area contributed by atoms with E-state index in [0.29, 0.717) is 24.2 Å². The van der Waals surface area contributed by atoms with E-state index < -0.39 is 17.5 Å². The van der Waals surface area contributed by atoms with Crippen LogP contribution in [0.3, 0.4) is 0 Å². The zero-order chi connectivity index (χ0) is 14.0. The van der Waals surface area contributed by atoms with Crippen molar-refractivity contribution < 1.29 is 22.7 Å². The molecule has 0 aliphatic rings. The fourth-order valence-electron chi connectivity index (χ4n) is 1.73. The number of carbonyl (C=O) groups excluding carboxylic acids is 1. The normalized spacial score (nSPS) is 10.3. The Labute approximate surface area is 107 Å². The summed E-state index contributed by atoms with van der Waals surface area (Å²) in [5, 5.41) is 0. The quantitative estimate of drug-likeness (QED) is 0.627.